The van der Waals surface area contributed by atoms with Crippen molar-refractivity contribution in [2.24, 2.45) is 0 Å². The van der Waals surface area contributed by atoms with Crippen molar-refractivity contribution in [1.29, 1.82) is 0 Å². The summed E-state index contributed by atoms with van der Waals surface area (Å²) in [6, 6.07) is 10.8. The Labute approximate surface area is 124 Å². The zero-order valence-corrected chi connectivity index (χ0v) is 11.5. The number of aromatic hydroxyl groups is 1. The van der Waals surface area contributed by atoms with E-state index in [0.29, 0.717) is 5.69 Å². The molecule has 2 aromatic carbocycles. The van der Waals surface area contributed by atoms with E-state index in [1.54, 1.807) is 18.2 Å². The maximum atomic E-state index is 9.84. The smallest absolute Gasteiger partial charge is 0.232 e. The highest BCUT2D eigenvalue weighted by Gasteiger charge is 2.05. The fourth-order valence-electron chi connectivity index (χ4n) is 1.84. The van der Waals surface area contributed by atoms with E-state index in [1.807, 2.05) is 18.2 Å². The van der Waals surface area contributed by atoms with Crippen molar-refractivity contribution in [3.05, 3.63) is 47.0 Å². The molecule has 0 aliphatic heterocycles. The molecular weight excluding hydrogens is 299 g/mol. The van der Waals surface area contributed by atoms with Gasteiger partial charge in [0, 0.05) is 11.1 Å². The number of nitrogens with one attached hydrogen (secondary N) is 1. The van der Waals surface area contributed by atoms with E-state index in [-0.39, 0.29) is 22.3 Å². The molecule has 3 rings (SSSR count). The highest BCUT2D eigenvalue weighted by atomic mass is 35.5. The molecule has 0 amide bonds. The van der Waals surface area contributed by atoms with Crippen LogP contribution in [0.4, 0.5) is 11.6 Å². The van der Waals surface area contributed by atoms with Crippen molar-refractivity contribution in [2.75, 3.05) is 5.32 Å². The number of fused-ring (bicyclic) bond motifs is 1. The van der Waals surface area contributed by atoms with Gasteiger partial charge in [-0.05, 0) is 46.8 Å². The first-order chi connectivity index (χ1) is 9.61. The summed E-state index contributed by atoms with van der Waals surface area (Å²) < 4.78 is 0. The van der Waals surface area contributed by atoms with Crippen molar-refractivity contribution in [3.8, 4) is 5.75 Å². The first kappa shape index (κ1) is 12.9. The van der Waals surface area contributed by atoms with Gasteiger partial charge in [-0.25, -0.2) is 0 Å². The lowest BCUT2D eigenvalue weighted by Gasteiger charge is -2.07. The second-order valence-corrected chi connectivity index (χ2v) is 4.71. The van der Waals surface area contributed by atoms with Gasteiger partial charge in [0.25, 0.3) is 0 Å². The predicted molar refractivity (Wildman–Crippen MR) is 78.7 cm³/mol. The molecular formula is C13H8Cl2N4O. The molecule has 0 radical (unpaired) electrons. The topological polar surface area (TPSA) is 70.9 Å². The van der Waals surface area contributed by atoms with Crippen LogP contribution in [0.2, 0.25) is 10.6 Å². The van der Waals surface area contributed by atoms with Crippen LogP contribution in [0.25, 0.3) is 10.8 Å². The SMILES string of the molecule is Oc1cccc2ccc(Nc3nc(Cl)nc(Cl)n3)cc12. The third-order valence-corrected chi connectivity index (χ3v) is 3.03. The summed E-state index contributed by atoms with van der Waals surface area (Å²) in [5, 5.41) is 14.5. The molecule has 1 heterocycles. The van der Waals surface area contributed by atoms with Crippen LogP contribution in [0.5, 0.6) is 5.75 Å². The van der Waals surface area contributed by atoms with Crippen molar-refractivity contribution >= 4 is 45.6 Å². The predicted octanol–water partition coefficient (Wildman–Crippen LogP) is 3.78. The van der Waals surface area contributed by atoms with Crippen LogP contribution in [0, 0.1) is 0 Å². The molecule has 0 atom stereocenters. The molecule has 0 saturated carbocycles. The monoisotopic (exact) mass is 306 g/mol. The Morgan fingerprint density at radius 2 is 1.70 bits per heavy atom. The number of phenols is 1. The highest BCUT2D eigenvalue weighted by Crippen LogP contribution is 2.28. The average molecular weight is 307 g/mol. The zero-order valence-electron chi connectivity index (χ0n) is 10.0. The Hall–Kier alpha value is -2.11. The van der Waals surface area contributed by atoms with Gasteiger partial charge in [0.05, 0.1) is 0 Å². The molecule has 7 heteroatoms. The van der Waals surface area contributed by atoms with Crippen LogP contribution in [-0.2, 0) is 0 Å². The molecule has 0 aliphatic rings. The average Bonchev–Trinajstić information content (AvgIpc) is 2.38. The number of phenolic OH excluding ortho intramolecular Hbond substituents is 1. The summed E-state index contributed by atoms with van der Waals surface area (Å²) in [7, 11) is 0. The number of hydrogen-bond donors (Lipinski definition) is 2. The van der Waals surface area contributed by atoms with Crippen molar-refractivity contribution in [3.63, 3.8) is 0 Å². The Morgan fingerprint density at radius 3 is 2.45 bits per heavy atom. The summed E-state index contributed by atoms with van der Waals surface area (Å²) >= 11 is 11.4. The standard InChI is InChI=1S/C13H8Cl2N4O/c14-11-17-12(15)19-13(18-11)16-8-5-4-7-2-1-3-10(20)9(7)6-8/h1-6,20H,(H,16,17,18,19). The summed E-state index contributed by atoms with van der Waals surface area (Å²) in [5.74, 6) is 0.447. The molecule has 5 nitrogen and oxygen atoms in total. The van der Waals surface area contributed by atoms with Gasteiger partial charge in [0.1, 0.15) is 5.75 Å². The van der Waals surface area contributed by atoms with Gasteiger partial charge in [-0.3, -0.25) is 0 Å². The number of anilines is 2. The fraction of sp³-hybridized carbons (Fsp3) is 0. The lowest BCUT2D eigenvalue weighted by Crippen LogP contribution is -1.99. The van der Waals surface area contributed by atoms with Gasteiger partial charge in [-0.15, -0.1) is 0 Å². The zero-order chi connectivity index (χ0) is 14.1. The molecule has 1 aromatic heterocycles. The second-order valence-electron chi connectivity index (χ2n) is 4.04. The molecule has 0 aliphatic carbocycles. The van der Waals surface area contributed by atoms with Crippen molar-refractivity contribution < 1.29 is 5.11 Å². The van der Waals surface area contributed by atoms with Crippen LogP contribution >= 0.6 is 23.2 Å². The number of halogens is 2. The first-order valence-corrected chi connectivity index (χ1v) is 6.43. The Bertz CT molecular complexity index is 774. The summed E-state index contributed by atoms with van der Waals surface area (Å²) in [6.45, 7) is 0. The quantitative estimate of drug-likeness (QED) is 0.754. The molecule has 2 N–H and O–H groups in total. The van der Waals surface area contributed by atoms with Gasteiger partial charge in [-0.1, -0.05) is 18.2 Å². The maximum Gasteiger partial charge on any atom is 0.232 e. The minimum absolute atomic E-state index is 0.0103. The van der Waals surface area contributed by atoms with Gasteiger partial charge in [0.2, 0.25) is 16.5 Å². The number of hydrogen-bond acceptors (Lipinski definition) is 5. The van der Waals surface area contributed by atoms with Crippen LogP contribution < -0.4 is 5.32 Å². The van der Waals surface area contributed by atoms with Gasteiger partial charge < -0.3 is 10.4 Å². The largest absolute Gasteiger partial charge is 0.507 e. The minimum Gasteiger partial charge on any atom is -0.507 e. The molecule has 20 heavy (non-hydrogen) atoms. The molecule has 0 fully saturated rings. The van der Waals surface area contributed by atoms with Gasteiger partial charge >= 0.3 is 0 Å². The molecule has 0 unspecified atom stereocenters. The summed E-state index contributed by atoms with van der Waals surface area (Å²) in [5.41, 5.74) is 0.706. The number of rotatable bonds is 2. The van der Waals surface area contributed by atoms with E-state index in [9.17, 15) is 5.11 Å². The number of benzene rings is 2. The minimum atomic E-state index is 0.0103. The lowest BCUT2D eigenvalue weighted by atomic mass is 10.1. The maximum absolute atomic E-state index is 9.84. The number of nitrogens with zero attached hydrogens (tertiary/aromatic N) is 3. The third-order valence-electron chi connectivity index (χ3n) is 2.70. The van der Waals surface area contributed by atoms with E-state index < -0.39 is 0 Å². The van der Waals surface area contributed by atoms with E-state index in [1.165, 1.54) is 0 Å². The van der Waals surface area contributed by atoms with Gasteiger partial charge in [-0.2, -0.15) is 15.0 Å². The van der Waals surface area contributed by atoms with E-state index in [4.69, 9.17) is 23.2 Å². The van der Waals surface area contributed by atoms with Crippen molar-refractivity contribution in [2.45, 2.75) is 0 Å². The summed E-state index contributed by atoms with van der Waals surface area (Å²) in [6.07, 6.45) is 0. The number of aromatic nitrogens is 3. The molecule has 100 valence electrons. The molecule has 0 bridgehead atoms. The van der Waals surface area contributed by atoms with E-state index in [0.717, 1.165) is 10.8 Å². The third kappa shape index (κ3) is 2.59. The van der Waals surface area contributed by atoms with Gasteiger partial charge in [0.15, 0.2) is 0 Å². The highest BCUT2D eigenvalue weighted by molar-refractivity contribution is 6.31. The van der Waals surface area contributed by atoms with Crippen molar-refractivity contribution in [1.82, 2.24) is 15.0 Å². The van der Waals surface area contributed by atoms with Crippen LogP contribution in [0.1, 0.15) is 0 Å². The Balaban J connectivity index is 2.00. The van der Waals surface area contributed by atoms with Crippen LogP contribution in [0.3, 0.4) is 0 Å². The molecule has 0 spiro atoms. The summed E-state index contributed by atoms with van der Waals surface area (Å²) in [4.78, 5) is 11.5. The normalized spacial score (nSPS) is 10.7. The van der Waals surface area contributed by atoms with Crippen LogP contribution in [-0.4, -0.2) is 20.1 Å². The Kier molecular flexibility index (Phi) is 3.30. The molecule has 3 aromatic rings. The molecule has 0 saturated heterocycles. The van der Waals surface area contributed by atoms with E-state index >= 15 is 0 Å². The fourth-order valence-corrected chi connectivity index (χ4v) is 2.21. The lowest BCUT2D eigenvalue weighted by molar-refractivity contribution is 0.481. The first-order valence-electron chi connectivity index (χ1n) is 5.68. The second kappa shape index (κ2) is 5.11. The van der Waals surface area contributed by atoms with E-state index in [2.05, 4.69) is 20.3 Å². The van der Waals surface area contributed by atoms with Crippen LogP contribution in [0.15, 0.2) is 36.4 Å². The Morgan fingerprint density at radius 1 is 0.950 bits per heavy atom.